The molecule has 0 atom stereocenters. The molecule has 0 spiro atoms. The predicted molar refractivity (Wildman–Crippen MR) is 131 cm³/mol. The van der Waals surface area contributed by atoms with Crippen molar-refractivity contribution in [2.24, 2.45) is 0 Å². The van der Waals surface area contributed by atoms with Crippen LogP contribution in [0.3, 0.4) is 0 Å². The van der Waals surface area contributed by atoms with Crippen molar-refractivity contribution in [3.63, 3.8) is 0 Å². The van der Waals surface area contributed by atoms with Crippen molar-refractivity contribution in [2.75, 3.05) is 18.4 Å². The Balaban J connectivity index is 1.83. The number of nitrogens with one attached hydrogen (secondary N) is 1. The second-order valence-electron chi connectivity index (χ2n) is 8.79. The first kappa shape index (κ1) is 23.7. The van der Waals surface area contributed by atoms with E-state index in [1.165, 1.54) is 4.90 Å². The minimum absolute atomic E-state index is 0.0464. The SMILES string of the molecule is CCN(CC(=O)Nc1cc(C(C)(C)C)nn1-c1cccc(C)c1)C(=O)c1ccc(Br)cc1. The van der Waals surface area contributed by atoms with Gasteiger partial charge >= 0.3 is 0 Å². The molecule has 0 aliphatic carbocycles. The highest BCUT2D eigenvalue weighted by molar-refractivity contribution is 9.10. The lowest BCUT2D eigenvalue weighted by Gasteiger charge is -2.20. The summed E-state index contributed by atoms with van der Waals surface area (Å²) in [5.74, 6) is 0.127. The molecule has 2 amide bonds. The quantitative estimate of drug-likeness (QED) is 0.500. The number of nitrogens with zero attached hydrogens (tertiary/aromatic N) is 3. The summed E-state index contributed by atoms with van der Waals surface area (Å²) in [6.07, 6.45) is 0. The molecule has 1 heterocycles. The maximum Gasteiger partial charge on any atom is 0.254 e. The van der Waals surface area contributed by atoms with E-state index in [-0.39, 0.29) is 23.8 Å². The van der Waals surface area contributed by atoms with Crippen LogP contribution < -0.4 is 5.32 Å². The van der Waals surface area contributed by atoms with Crippen LogP contribution in [0.5, 0.6) is 0 Å². The van der Waals surface area contributed by atoms with Gasteiger partial charge in [0.2, 0.25) is 5.91 Å². The van der Waals surface area contributed by atoms with Crippen LogP contribution in [0.4, 0.5) is 5.82 Å². The van der Waals surface area contributed by atoms with Crippen LogP contribution in [0.2, 0.25) is 0 Å². The van der Waals surface area contributed by atoms with Gasteiger partial charge in [0.25, 0.3) is 5.91 Å². The lowest BCUT2D eigenvalue weighted by atomic mass is 9.92. The average Bonchev–Trinajstić information content (AvgIpc) is 3.16. The van der Waals surface area contributed by atoms with Crippen molar-refractivity contribution in [1.29, 1.82) is 0 Å². The van der Waals surface area contributed by atoms with Gasteiger partial charge in [0, 0.05) is 28.1 Å². The summed E-state index contributed by atoms with van der Waals surface area (Å²) in [6.45, 7) is 10.5. The van der Waals surface area contributed by atoms with E-state index in [1.807, 2.05) is 56.3 Å². The van der Waals surface area contributed by atoms with E-state index in [1.54, 1.807) is 16.8 Å². The van der Waals surface area contributed by atoms with E-state index >= 15 is 0 Å². The second-order valence-corrected chi connectivity index (χ2v) is 9.71. The highest BCUT2D eigenvalue weighted by Crippen LogP contribution is 2.26. The number of hydrogen-bond donors (Lipinski definition) is 1. The highest BCUT2D eigenvalue weighted by atomic mass is 79.9. The summed E-state index contributed by atoms with van der Waals surface area (Å²) in [7, 11) is 0. The second kappa shape index (κ2) is 9.69. The lowest BCUT2D eigenvalue weighted by molar-refractivity contribution is -0.116. The molecule has 0 unspecified atom stereocenters. The Morgan fingerprint density at radius 2 is 1.78 bits per heavy atom. The van der Waals surface area contributed by atoms with Crippen molar-refractivity contribution in [3.05, 3.63) is 75.9 Å². The first-order chi connectivity index (χ1) is 15.1. The van der Waals surface area contributed by atoms with Gasteiger partial charge in [-0.1, -0.05) is 48.8 Å². The van der Waals surface area contributed by atoms with Crippen LogP contribution in [0, 0.1) is 6.92 Å². The van der Waals surface area contributed by atoms with Crippen molar-refractivity contribution in [1.82, 2.24) is 14.7 Å². The van der Waals surface area contributed by atoms with Crippen molar-refractivity contribution >= 4 is 33.6 Å². The molecule has 0 fully saturated rings. The number of carbonyl (C=O) groups is 2. The van der Waals surface area contributed by atoms with Gasteiger partial charge in [0.1, 0.15) is 12.4 Å². The number of rotatable bonds is 6. The molecular formula is C25H29BrN4O2. The first-order valence-corrected chi connectivity index (χ1v) is 11.4. The number of amides is 2. The molecule has 6 nitrogen and oxygen atoms in total. The number of halogens is 1. The number of anilines is 1. The fourth-order valence-electron chi connectivity index (χ4n) is 3.25. The molecule has 168 valence electrons. The Bertz CT molecular complexity index is 1110. The van der Waals surface area contributed by atoms with E-state index in [4.69, 9.17) is 5.10 Å². The standard InChI is InChI=1S/C25H29BrN4O2/c1-6-29(24(32)18-10-12-19(26)13-11-18)16-23(31)27-22-15-21(25(3,4)5)28-30(22)20-9-7-8-17(2)14-20/h7-15H,6,16H2,1-5H3,(H,27,31). The number of benzene rings is 2. The largest absolute Gasteiger partial charge is 0.330 e. The van der Waals surface area contributed by atoms with Crippen LogP contribution in [0.25, 0.3) is 5.69 Å². The fraction of sp³-hybridized carbons (Fsp3) is 0.320. The maximum atomic E-state index is 12.9. The van der Waals surface area contributed by atoms with Gasteiger partial charge < -0.3 is 10.2 Å². The Labute approximate surface area is 197 Å². The third-order valence-corrected chi connectivity index (χ3v) is 5.61. The maximum absolute atomic E-state index is 12.9. The minimum Gasteiger partial charge on any atom is -0.330 e. The molecule has 0 bridgehead atoms. The van der Waals surface area contributed by atoms with E-state index < -0.39 is 0 Å². The van der Waals surface area contributed by atoms with E-state index in [9.17, 15) is 9.59 Å². The number of hydrogen-bond acceptors (Lipinski definition) is 3. The molecule has 7 heteroatoms. The Kier molecular flexibility index (Phi) is 7.19. The monoisotopic (exact) mass is 496 g/mol. The molecule has 0 aliphatic rings. The lowest BCUT2D eigenvalue weighted by Crippen LogP contribution is -2.38. The number of likely N-dealkylation sites (N-methyl/N-ethyl adjacent to an activating group) is 1. The van der Waals surface area contributed by atoms with Crippen LogP contribution in [0.15, 0.2) is 59.1 Å². The van der Waals surface area contributed by atoms with E-state index in [0.29, 0.717) is 17.9 Å². The van der Waals surface area contributed by atoms with E-state index in [0.717, 1.165) is 21.4 Å². The van der Waals surface area contributed by atoms with Gasteiger partial charge in [-0.15, -0.1) is 0 Å². The van der Waals surface area contributed by atoms with Gasteiger partial charge in [-0.2, -0.15) is 5.10 Å². The molecule has 1 N–H and O–H groups in total. The Morgan fingerprint density at radius 3 is 2.38 bits per heavy atom. The van der Waals surface area contributed by atoms with Gasteiger partial charge in [-0.05, 0) is 55.8 Å². The first-order valence-electron chi connectivity index (χ1n) is 10.6. The zero-order valence-corrected chi connectivity index (χ0v) is 20.7. The van der Waals surface area contributed by atoms with Crippen molar-refractivity contribution in [3.8, 4) is 5.69 Å². The Morgan fingerprint density at radius 1 is 1.09 bits per heavy atom. The Hall–Kier alpha value is -2.93. The third-order valence-electron chi connectivity index (χ3n) is 5.09. The molecular weight excluding hydrogens is 468 g/mol. The van der Waals surface area contributed by atoms with Gasteiger partial charge in [-0.3, -0.25) is 9.59 Å². The molecule has 3 rings (SSSR count). The summed E-state index contributed by atoms with van der Waals surface area (Å²) in [4.78, 5) is 27.3. The number of aryl methyl sites for hydroxylation is 1. The minimum atomic E-state index is -0.272. The third kappa shape index (κ3) is 5.65. The van der Waals surface area contributed by atoms with Crippen LogP contribution in [-0.4, -0.2) is 39.6 Å². The summed E-state index contributed by atoms with van der Waals surface area (Å²) in [5, 5.41) is 7.71. The van der Waals surface area contributed by atoms with Crippen molar-refractivity contribution in [2.45, 2.75) is 40.0 Å². The molecule has 0 saturated carbocycles. The zero-order valence-electron chi connectivity index (χ0n) is 19.1. The smallest absolute Gasteiger partial charge is 0.254 e. The molecule has 0 saturated heterocycles. The van der Waals surface area contributed by atoms with Crippen LogP contribution in [-0.2, 0) is 10.2 Å². The molecule has 0 radical (unpaired) electrons. The summed E-state index contributed by atoms with van der Waals surface area (Å²) in [5.41, 5.74) is 3.20. The van der Waals surface area contributed by atoms with Gasteiger partial charge in [-0.25, -0.2) is 4.68 Å². The van der Waals surface area contributed by atoms with Gasteiger partial charge in [0.05, 0.1) is 11.4 Å². The van der Waals surface area contributed by atoms with Crippen LogP contribution in [0.1, 0.15) is 49.3 Å². The molecule has 2 aromatic carbocycles. The normalized spacial score (nSPS) is 11.3. The zero-order chi connectivity index (χ0) is 23.5. The van der Waals surface area contributed by atoms with Gasteiger partial charge in [0.15, 0.2) is 0 Å². The molecule has 0 aliphatic heterocycles. The highest BCUT2D eigenvalue weighted by Gasteiger charge is 2.23. The summed E-state index contributed by atoms with van der Waals surface area (Å²) in [6, 6.07) is 17.0. The molecule has 3 aromatic rings. The average molecular weight is 497 g/mol. The van der Waals surface area contributed by atoms with E-state index in [2.05, 4.69) is 42.0 Å². The number of aromatic nitrogens is 2. The predicted octanol–water partition coefficient (Wildman–Crippen LogP) is 5.34. The molecule has 1 aromatic heterocycles. The molecule has 32 heavy (non-hydrogen) atoms. The van der Waals surface area contributed by atoms with Crippen LogP contribution >= 0.6 is 15.9 Å². The summed E-state index contributed by atoms with van der Waals surface area (Å²) >= 11 is 3.37. The fourth-order valence-corrected chi connectivity index (χ4v) is 3.52. The topological polar surface area (TPSA) is 67.2 Å². The van der Waals surface area contributed by atoms with Crippen molar-refractivity contribution < 1.29 is 9.59 Å². The number of carbonyl (C=O) groups excluding carboxylic acids is 2. The summed E-state index contributed by atoms with van der Waals surface area (Å²) < 4.78 is 2.65.